The number of carboxylic acids is 1. The lowest BCUT2D eigenvalue weighted by Crippen LogP contribution is -1.95. The van der Waals surface area contributed by atoms with Crippen LogP contribution in [0.4, 0.5) is 0 Å². The first-order valence-corrected chi connectivity index (χ1v) is 5.68. The molecule has 0 atom stereocenters. The van der Waals surface area contributed by atoms with Gasteiger partial charge in [-0.3, -0.25) is 0 Å². The molecule has 0 saturated carbocycles. The molecule has 19 heavy (non-hydrogen) atoms. The number of aromatic carboxylic acids is 1. The maximum atomic E-state index is 10.8. The molecule has 0 unspecified atom stereocenters. The van der Waals surface area contributed by atoms with Gasteiger partial charge in [0.15, 0.2) is 0 Å². The van der Waals surface area contributed by atoms with Crippen LogP contribution in [0.5, 0.6) is 5.75 Å². The Labute approximate surface area is 111 Å². The number of hydrogen-bond acceptors (Lipinski definition) is 2. The molecule has 0 aliphatic heterocycles. The number of ether oxygens (including phenoxy) is 1. The average molecular weight is 252 g/mol. The third kappa shape index (κ3) is 3.36. The van der Waals surface area contributed by atoms with Gasteiger partial charge in [0.05, 0.1) is 12.7 Å². The van der Waals surface area contributed by atoms with E-state index in [-0.39, 0.29) is 5.56 Å². The van der Waals surface area contributed by atoms with Crippen molar-refractivity contribution >= 4 is 5.97 Å². The summed E-state index contributed by atoms with van der Waals surface area (Å²) in [6.07, 6.45) is 0. The van der Waals surface area contributed by atoms with Crippen LogP contribution in [-0.4, -0.2) is 18.2 Å². The highest BCUT2D eigenvalue weighted by molar-refractivity contribution is 5.88. The van der Waals surface area contributed by atoms with Crippen molar-refractivity contribution in [2.45, 2.75) is 0 Å². The highest BCUT2D eigenvalue weighted by atomic mass is 16.5. The fourth-order valence-electron chi connectivity index (χ4n) is 1.55. The third-order valence-corrected chi connectivity index (χ3v) is 2.55. The lowest BCUT2D eigenvalue weighted by molar-refractivity contribution is 0.0697. The van der Waals surface area contributed by atoms with Crippen molar-refractivity contribution in [3.05, 3.63) is 65.2 Å². The molecule has 0 bridgehead atoms. The number of benzene rings is 2. The summed E-state index contributed by atoms with van der Waals surface area (Å²) in [4.78, 5) is 10.8. The molecule has 0 amide bonds. The van der Waals surface area contributed by atoms with Crippen molar-refractivity contribution in [3.8, 4) is 17.6 Å². The molecule has 2 rings (SSSR count). The Morgan fingerprint density at radius 2 is 1.74 bits per heavy atom. The van der Waals surface area contributed by atoms with Gasteiger partial charge in [-0.15, -0.1) is 0 Å². The summed E-state index contributed by atoms with van der Waals surface area (Å²) < 4.78 is 5.06. The zero-order valence-electron chi connectivity index (χ0n) is 10.4. The van der Waals surface area contributed by atoms with Crippen molar-refractivity contribution in [1.82, 2.24) is 0 Å². The van der Waals surface area contributed by atoms with E-state index in [0.29, 0.717) is 5.56 Å². The predicted molar refractivity (Wildman–Crippen MR) is 72.4 cm³/mol. The van der Waals surface area contributed by atoms with Gasteiger partial charge >= 0.3 is 5.97 Å². The van der Waals surface area contributed by atoms with Crippen LogP contribution >= 0.6 is 0 Å². The summed E-state index contributed by atoms with van der Waals surface area (Å²) in [5.41, 5.74) is 1.76. The van der Waals surface area contributed by atoms with Crippen molar-refractivity contribution in [2.75, 3.05) is 7.11 Å². The second kappa shape index (κ2) is 5.74. The standard InChI is InChI=1S/C16H12O3/c1-19-15-9-7-12(8-10-15)5-6-13-3-2-4-14(11-13)16(17)18/h2-4,7-11H,1H3,(H,17,18). The molecule has 0 radical (unpaired) electrons. The average Bonchev–Trinajstić information content (AvgIpc) is 2.46. The minimum absolute atomic E-state index is 0.238. The van der Waals surface area contributed by atoms with Crippen LogP contribution in [0.25, 0.3) is 0 Å². The molecule has 2 aromatic carbocycles. The SMILES string of the molecule is COc1ccc(C#Cc2cccc(C(=O)O)c2)cc1. The molecule has 0 heterocycles. The fraction of sp³-hybridized carbons (Fsp3) is 0.0625. The molecule has 0 saturated heterocycles. The molecule has 0 spiro atoms. The van der Waals surface area contributed by atoms with Gasteiger partial charge in [-0.1, -0.05) is 17.9 Å². The summed E-state index contributed by atoms with van der Waals surface area (Å²) in [6.45, 7) is 0. The number of hydrogen-bond donors (Lipinski definition) is 1. The topological polar surface area (TPSA) is 46.5 Å². The lowest BCUT2D eigenvalue weighted by atomic mass is 10.1. The number of carboxylic acid groups (broad SMARTS) is 1. The van der Waals surface area contributed by atoms with E-state index < -0.39 is 5.97 Å². The van der Waals surface area contributed by atoms with Crippen LogP contribution in [0.3, 0.4) is 0 Å². The zero-order valence-corrected chi connectivity index (χ0v) is 10.4. The van der Waals surface area contributed by atoms with Crippen molar-refractivity contribution < 1.29 is 14.6 Å². The van der Waals surface area contributed by atoms with Gasteiger partial charge in [-0.2, -0.15) is 0 Å². The van der Waals surface area contributed by atoms with Gasteiger partial charge in [0.2, 0.25) is 0 Å². The van der Waals surface area contributed by atoms with E-state index in [9.17, 15) is 4.79 Å². The monoisotopic (exact) mass is 252 g/mol. The first-order chi connectivity index (χ1) is 9.19. The van der Waals surface area contributed by atoms with E-state index in [1.165, 1.54) is 0 Å². The number of methoxy groups -OCH3 is 1. The Hall–Kier alpha value is -2.73. The normalized spacial score (nSPS) is 9.32. The van der Waals surface area contributed by atoms with E-state index in [2.05, 4.69) is 11.8 Å². The Kier molecular flexibility index (Phi) is 3.84. The quantitative estimate of drug-likeness (QED) is 0.836. The fourth-order valence-corrected chi connectivity index (χ4v) is 1.55. The zero-order chi connectivity index (χ0) is 13.7. The van der Waals surface area contributed by atoms with Crippen LogP contribution in [-0.2, 0) is 0 Å². The lowest BCUT2D eigenvalue weighted by Gasteiger charge is -1.97. The first-order valence-electron chi connectivity index (χ1n) is 5.68. The predicted octanol–water partition coefficient (Wildman–Crippen LogP) is 2.79. The van der Waals surface area contributed by atoms with E-state index in [1.54, 1.807) is 31.4 Å². The Morgan fingerprint density at radius 3 is 2.37 bits per heavy atom. The highest BCUT2D eigenvalue weighted by Crippen LogP contribution is 2.10. The van der Waals surface area contributed by atoms with Crippen LogP contribution < -0.4 is 4.74 Å². The Balaban J connectivity index is 2.23. The van der Waals surface area contributed by atoms with Crippen molar-refractivity contribution in [3.63, 3.8) is 0 Å². The van der Waals surface area contributed by atoms with Gasteiger partial charge < -0.3 is 9.84 Å². The number of carbonyl (C=O) groups is 1. The van der Waals surface area contributed by atoms with Crippen molar-refractivity contribution in [2.24, 2.45) is 0 Å². The largest absolute Gasteiger partial charge is 0.497 e. The van der Waals surface area contributed by atoms with Crippen LogP contribution in [0.2, 0.25) is 0 Å². The molecule has 2 aromatic rings. The van der Waals surface area contributed by atoms with E-state index in [0.717, 1.165) is 11.3 Å². The van der Waals surface area contributed by atoms with Gasteiger partial charge in [0.25, 0.3) is 0 Å². The molecular weight excluding hydrogens is 240 g/mol. The summed E-state index contributed by atoms with van der Waals surface area (Å²) in [5, 5.41) is 8.89. The summed E-state index contributed by atoms with van der Waals surface area (Å²) in [6, 6.07) is 13.9. The summed E-state index contributed by atoms with van der Waals surface area (Å²) in [5.74, 6) is 5.74. The molecule has 0 aliphatic carbocycles. The maximum Gasteiger partial charge on any atom is 0.335 e. The maximum absolute atomic E-state index is 10.8. The van der Waals surface area contributed by atoms with Gasteiger partial charge in [-0.25, -0.2) is 4.79 Å². The molecule has 0 fully saturated rings. The van der Waals surface area contributed by atoms with E-state index >= 15 is 0 Å². The third-order valence-electron chi connectivity index (χ3n) is 2.55. The number of rotatable bonds is 2. The van der Waals surface area contributed by atoms with Crippen LogP contribution in [0, 0.1) is 11.8 Å². The van der Waals surface area contributed by atoms with E-state index in [4.69, 9.17) is 9.84 Å². The van der Waals surface area contributed by atoms with Crippen LogP contribution in [0.15, 0.2) is 48.5 Å². The Morgan fingerprint density at radius 1 is 1.05 bits per heavy atom. The summed E-state index contributed by atoms with van der Waals surface area (Å²) in [7, 11) is 1.61. The Bertz CT molecular complexity index is 646. The van der Waals surface area contributed by atoms with Gasteiger partial charge in [0, 0.05) is 11.1 Å². The first kappa shape index (κ1) is 12.7. The molecule has 3 nitrogen and oxygen atoms in total. The minimum Gasteiger partial charge on any atom is -0.497 e. The van der Waals surface area contributed by atoms with E-state index in [1.807, 2.05) is 24.3 Å². The molecule has 0 aromatic heterocycles. The minimum atomic E-state index is -0.951. The molecule has 1 N–H and O–H groups in total. The summed E-state index contributed by atoms with van der Waals surface area (Å²) >= 11 is 0. The highest BCUT2D eigenvalue weighted by Gasteiger charge is 2.01. The van der Waals surface area contributed by atoms with Crippen molar-refractivity contribution in [1.29, 1.82) is 0 Å². The molecule has 3 heteroatoms. The smallest absolute Gasteiger partial charge is 0.335 e. The van der Waals surface area contributed by atoms with Crippen LogP contribution in [0.1, 0.15) is 21.5 Å². The second-order valence-electron chi connectivity index (χ2n) is 3.86. The van der Waals surface area contributed by atoms with Gasteiger partial charge in [0.1, 0.15) is 5.75 Å². The molecule has 94 valence electrons. The molecular formula is C16H12O3. The second-order valence-corrected chi connectivity index (χ2v) is 3.86. The molecule has 0 aliphatic rings. The van der Waals surface area contributed by atoms with Gasteiger partial charge in [-0.05, 0) is 42.5 Å².